The Hall–Kier alpha value is -2.57. The first-order chi connectivity index (χ1) is 15.7. The number of hydrogen-bond donors (Lipinski definition) is 1. The highest BCUT2D eigenvalue weighted by molar-refractivity contribution is 7.99. The Bertz CT molecular complexity index is 1020. The molecule has 5 nitrogen and oxygen atoms in total. The van der Waals surface area contributed by atoms with Gasteiger partial charge in [-0.15, -0.1) is 0 Å². The van der Waals surface area contributed by atoms with Crippen molar-refractivity contribution in [3.05, 3.63) is 88.7 Å². The highest BCUT2D eigenvalue weighted by atomic mass is 32.2. The molecular formula is C26H30N4OS. The van der Waals surface area contributed by atoms with Crippen LogP contribution in [0.15, 0.2) is 60.7 Å². The van der Waals surface area contributed by atoms with Crippen LogP contribution in [-0.4, -0.2) is 51.2 Å². The molecule has 1 aromatic heterocycles. The number of benzene rings is 2. The molecule has 0 radical (unpaired) electrons. The van der Waals surface area contributed by atoms with Crippen molar-refractivity contribution in [2.75, 3.05) is 24.6 Å². The molecule has 1 fully saturated rings. The monoisotopic (exact) mass is 446 g/mol. The molecule has 166 valence electrons. The number of thioether (sulfide) groups is 1. The first-order valence-electron chi connectivity index (χ1n) is 11.5. The molecule has 1 aliphatic carbocycles. The second-order valence-electron chi connectivity index (χ2n) is 8.66. The summed E-state index contributed by atoms with van der Waals surface area (Å²) >= 11 is 1.92. The lowest BCUT2D eigenvalue weighted by atomic mass is 9.89. The minimum absolute atomic E-state index is 0.102. The van der Waals surface area contributed by atoms with Crippen LogP contribution in [0.3, 0.4) is 0 Å². The number of hydrogen-bond acceptors (Lipinski definition) is 4. The predicted octanol–water partition coefficient (Wildman–Crippen LogP) is 3.85. The fourth-order valence-electron chi connectivity index (χ4n) is 4.93. The molecule has 0 spiro atoms. The van der Waals surface area contributed by atoms with Crippen LogP contribution in [0.4, 0.5) is 0 Å². The van der Waals surface area contributed by atoms with Crippen LogP contribution >= 0.6 is 11.8 Å². The lowest BCUT2D eigenvalue weighted by Crippen LogP contribution is -2.40. The molecule has 1 atom stereocenters. The topological polar surface area (TPSA) is 50.2 Å². The maximum absolute atomic E-state index is 13.3. The SMILES string of the molecule is Cn1nc(C(=O)N2CCSCC2)c2c1CCC(NC(c1ccccc1)c1ccccc1)C2. The van der Waals surface area contributed by atoms with E-state index in [1.54, 1.807) is 0 Å². The minimum atomic E-state index is 0.102. The lowest BCUT2D eigenvalue weighted by molar-refractivity contribution is 0.0764. The van der Waals surface area contributed by atoms with Gasteiger partial charge in [0.2, 0.25) is 0 Å². The smallest absolute Gasteiger partial charge is 0.274 e. The number of carbonyl (C=O) groups excluding carboxylic acids is 1. The third kappa shape index (κ3) is 4.34. The van der Waals surface area contributed by atoms with E-state index in [2.05, 4.69) is 71.1 Å². The van der Waals surface area contributed by atoms with E-state index < -0.39 is 0 Å². The van der Waals surface area contributed by atoms with Gasteiger partial charge < -0.3 is 10.2 Å². The zero-order chi connectivity index (χ0) is 21.9. The Kier molecular flexibility index (Phi) is 6.32. The highest BCUT2D eigenvalue weighted by Gasteiger charge is 2.32. The zero-order valence-electron chi connectivity index (χ0n) is 18.5. The van der Waals surface area contributed by atoms with Gasteiger partial charge >= 0.3 is 0 Å². The summed E-state index contributed by atoms with van der Waals surface area (Å²) in [6, 6.07) is 21.7. The summed E-state index contributed by atoms with van der Waals surface area (Å²) in [6.07, 6.45) is 2.82. The third-order valence-corrected chi connectivity index (χ3v) is 7.57. The Balaban J connectivity index is 1.40. The maximum Gasteiger partial charge on any atom is 0.274 e. The first kappa shape index (κ1) is 21.3. The van der Waals surface area contributed by atoms with Crippen LogP contribution in [0.1, 0.15) is 45.3 Å². The molecule has 0 bridgehead atoms. The van der Waals surface area contributed by atoms with E-state index in [9.17, 15) is 4.79 Å². The van der Waals surface area contributed by atoms with Gasteiger partial charge in [0.05, 0.1) is 6.04 Å². The van der Waals surface area contributed by atoms with Gasteiger partial charge in [0.15, 0.2) is 5.69 Å². The van der Waals surface area contributed by atoms with E-state index in [-0.39, 0.29) is 11.9 Å². The quantitative estimate of drug-likeness (QED) is 0.647. The van der Waals surface area contributed by atoms with Crippen molar-refractivity contribution in [3.8, 4) is 0 Å². The number of amides is 1. The largest absolute Gasteiger partial charge is 0.336 e. The average Bonchev–Trinajstić information content (AvgIpc) is 3.19. The van der Waals surface area contributed by atoms with Crippen molar-refractivity contribution in [2.45, 2.75) is 31.3 Å². The predicted molar refractivity (Wildman–Crippen MR) is 130 cm³/mol. The van der Waals surface area contributed by atoms with Crippen molar-refractivity contribution in [1.29, 1.82) is 0 Å². The van der Waals surface area contributed by atoms with Gasteiger partial charge in [0, 0.05) is 48.9 Å². The Morgan fingerprint density at radius 3 is 2.28 bits per heavy atom. The Labute approximate surface area is 194 Å². The first-order valence-corrected chi connectivity index (χ1v) is 12.6. The van der Waals surface area contributed by atoms with Gasteiger partial charge in [-0.3, -0.25) is 9.48 Å². The number of nitrogens with one attached hydrogen (secondary N) is 1. The van der Waals surface area contributed by atoms with Crippen molar-refractivity contribution < 1.29 is 4.79 Å². The van der Waals surface area contributed by atoms with Crippen LogP contribution in [0.2, 0.25) is 0 Å². The van der Waals surface area contributed by atoms with Gasteiger partial charge in [0.25, 0.3) is 5.91 Å². The van der Waals surface area contributed by atoms with Crippen LogP contribution in [0.5, 0.6) is 0 Å². The highest BCUT2D eigenvalue weighted by Crippen LogP contribution is 2.29. The third-order valence-electron chi connectivity index (χ3n) is 6.62. The van der Waals surface area contributed by atoms with Crippen LogP contribution in [0, 0.1) is 0 Å². The molecule has 32 heavy (non-hydrogen) atoms. The number of aromatic nitrogens is 2. The van der Waals surface area contributed by atoms with E-state index in [1.165, 1.54) is 16.8 Å². The van der Waals surface area contributed by atoms with E-state index in [4.69, 9.17) is 0 Å². The molecule has 1 N–H and O–H groups in total. The lowest BCUT2D eigenvalue weighted by Gasteiger charge is -2.30. The number of aryl methyl sites for hydroxylation is 1. The summed E-state index contributed by atoms with van der Waals surface area (Å²) in [5, 5.41) is 8.61. The van der Waals surface area contributed by atoms with Crippen LogP contribution in [0.25, 0.3) is 0 Å². The molecule has 0 saturated carbocycles. The van der Waals surface area contributed by atoms with Crippen LogP contribution in [-0.2, 0) is 19.9 Å². The van der Waals surface area contributed by atoms with E-state index >= 15 is 0 Å². The van der Waals surface area contributed by atoms with Gasteiger partial charge in [-0.05, 0) is 30.4 Å². The van der Waals surface area contributed by atoms with Crippen molar-refractivity contribution in [1.82, 2.24) is 20.0 Å². The van der Waals surface area contributed by atoms with E-state index in [0.717, 1.165) is 49.4 Å². The van der Waals surface area contributed by atoms with Gasteiger partial charge in [-0.25, -0.2) is 0 Å². The summed E-state index contributed by atoms with van der Waals surface area (Å²) in [7, 11) is 1.98. The molecule has 1 saturated heterocycles. The Morgan fingerprint density at radius 2 is 1.66 bits per heavy atom. The van der Waals surface area contributed by atoms with Crippen molar-refractivity contribution >= 4 is 17.7 Å². The van der Waals surface area contributed by atoms with Crippen LogP contribution < -0.4 is 5.32 Å². The zero-order valence-corrected chi connectivity index (χ0v) is 19.4. The molecule has 1 amide bonds. The number of carbonyl (C=O) groups is 1. The van der Waals surface area contributed by atoms with Crippen molar-refractivity contribution in [3.63, 3.8) is 0 Å². The number of fused-ring (bicyclic) bond motifs is 1. The molecule has 2 heterocycles. The molecule has 3 aromatic rings. The standard InChI is InChI=1S/C26H30N4OS/c1-29-23-13-12-21(18-22(23)25(28-29)26(31)30-14-16-32-17-15-30)27-24(19-8-4-2-5-9-19)20-10-6-3-7-11-20/h2-11,21,24,27H,12-18H2,1H3. The molecular weight excluding hydrogens is 416 g/mol. The van der Waals surface area contributed by atoms with Gasteiger partial charge in [0.1, 0.15) is 0 Å². The van der Waals surface area contributed by atoms with E-state index in [1.807, 2.05) is 28.4 Å². The molecule has 2 aliphatic rings. The van der Waals surface area contributed by atoms with Crippen molar-refractivity contribution in [2.24, 2.45) is 7.05 Å². The number of rotatable bonds is 5. The fraction of sp³-hybridized carbons (Fsp3) is 0.385. The molecule has 2 aromatic carbocycles. The summed E-state index contributed by atoms with van der Waals surface area (Å²) in [4.78, 5) is 15.3. The summed E-state index contributed by atoms with van der Waals surface area (Å²) in [6.45, 7) is 1.64. The van der Waals surface area contributed by atoms with Gasteiger partial charge in [-0.2, -0.15) is 16.9 Å². The molecule has 6 heteroatoms. The number of nitrogens with zero attached hydrogens (tertiary/aromatic N) is 3. The normalized spacial score (nSPS) is 18.6. The summed E-state index contributed by atoms with van der Waals surface area (Å²) in [5.74, 6) is 2.13. The minimum Gasteiger partial charge on any atom is -0.336 e. The summed E-state index contributed by atoms with van der Waals surface area (Å²) < 4.78 is 1.93. The maximum atomic E-state index is 13.3. The van der Waals surface area contributed by atoms with Gasteiger partial charge in [-0.1, -0.05) is 60.7 Å². The fourth-order valence-corrected chi connectivity index (χ4v) is 5.83. The Morgan fingerprint density at radius 1 is 1.03 bits per heavy atom. The molecule has 1 aliphatic heterocycles. The molecule has 5 rings (SSSR count). The second-order valence-corrected chi connectivity index (χ2v) is 9.89. The molecule has 1 unspecified atom stereocenters. The summed E-state index contributed by atoms with van der Waals surface area (Å²) in [5.41, 5.74) is 5.54. The average molecular weight is 447 g/mol. The second kappa shape index (κ2) is 9.51. The van der Waals surface area contributed by atoms with E-state index in [0.29, 0.717) is 11.7 Å².